The topological polar surface area (TPSA) is 0 Å². The Kier molecular flexibility index (Phi) is 16.9. The molecule has 1 aliphatic rings. The van der Waals surface area contributed by atoms with Crippen LogP contribution in [0.4, 0.5) is 0 Å². The van der Waals surface area contributed by atoms with E-state index in [0.29, 0.717) is 5.25 Å². The van der Waals surface area contributed by atoms with Crippen molar-refractivity contribution in [1.82, 2.24) is 0 Å². The standard InChI is InChI=1S/C38H66S3Si/c1-8-10-12-14-16-18-20-22-24-26-28-32-31(5)40-34-35-37(42(6,7)36(32)34)33(38(41-35)39-30(3)4)29-27-25-23-21-19-17-15-13-11-9-2/h30H,8-29H2,1-7H3. The molecule has 0 radical (unpaired) electrons. The largest absolute Gasteiger partial charge is 0.140 e. The Morgan fingerprint density at radius 2 is 0.929 bits per heavy atom. The zero-order valence-corrected chi connectivity index (χ0v) is 32.3. The molecular weight excluding hydrogens is 581 g/mol. The highest BCUT2D eigenvalue weighted by Crippen LogP contribution is 2.47. The summed E-state index contributed by atoms with van der Waals surface area (Å²) in [5.41, 5.74) is 3.56. The van der Waals surface area contributed by atoms with Crippen molar-refractivity contribution < 1.29 is 0 Å². The van der Waals surface area contributed by atoms with Crippen molar-refractivity contribution >= 4 is 52.9 Å². The highest BCUT2D eigenvalue weighted by Gasteiger charge is 2.45. The molecule has 0 aliphatic carbocycles. The fourth-order valence-corrected chi connectivity index (χ4v) is 17.2. The molecule has 240 valence electrons. The lowest BCUT2D eigenvalue weighted by Crippen LogP contribution is -2.51. The van der Waals surface area contributed by atoms with E-state index in [9.17, 15) is 0 Å². The highest BCUT2D eigenvalue weighted by atomic mass is 32.2. The van der Waals surface area contributed by atoms with Crippen molar-refractivity contribution in [2.75, 3.05) is 0 Å². The first-order chi connectivity index (χ1) is 20.3. The lowest BCUT2D eigenvalue weighted by molar-refractivity contribution is 0.556. The molecule has 3 heterocycles. The number of thioether (sulfide) groups is 1. The lowest BCUT2D eigenvalue weighted by atomic mass is 10.0. The predicted molar refractivity (Wildman–Crippen MR) is 201 cm³/mol. The molecule has 0 saturated heterocycles. The summed E-state index contributed by atoms with van der Waals surface area (Å²) in [4.78, 5) is 5.03. The van der Waals surface area contributed by atoms with Gasteiger partial charge in [0.05, 0.1) is 4.21 Å². The van der Waals surface area contributed by atoms with Crippen LogP contribution in [0.1, 0.15) is 172 Å². The van der Waals surface area contributed by atoms with Crippen LogP contribution in [-0.2, 0) is 12.8 Å². The van der Waals surface area contributed by atoms with Crippen molar-refractivity contribution in [2.45, 2.75) is 198 Å². The molecule has 0 atom stereocenters. The van der Waals surface area contributed by atoms with Gasteiger partial charge < -0.3 is 0 Å². The number of thiophene rings is 2. The Morgan fingerprint density at radius 1 is 0.548 bits per heavy atom. The van der Waals surface area contributed by atoms with Crippen LogP contribution in [0.3, 0.4) is 0 Å². The molecular formula is C38H66S3Si. The van der Waals surface area contributed by atoms with Crippen molar-refractivity contribution in [3.05, 3.63) is 16.0 Å². The van der Waals surface area contributed by atoms with Gasteiger partial charge in [-0.2, -0.15) is 0 Å². The van der Waals surface area contributed by atoms with Crippen LogP contribution in [0.5, 0.6) is 0 Å². The van der Waals surface area contributed by atoms with E-state index in [-0.39, 0.29) is 0 Å². The highest BCUT2D eigenvalue weighted by molar-refractivity contribution is 8.01. The van der Waals surface area contributed by atoms with Crippen molar-refractivity contribution in [1.29, 1.82) is 0 Å². The van der Waals surface area contributed by atoms with Gasteiger partial charge >= 0.3 is 0 Å². The number of fused-ring (bicyclic) bond motifs is 3. The maximum absolute atomic E-state index is 2.70. The molecule has 3 rings (SSSR count). The fraction of sp³-hybridized carbons (Fsp3) is 0.789. The molecule has 0 saturated carbocycles. The van der Waals surface area contributed by atoms with Crippen LogP contribution in [-0.4, -0.2) is 13.3 Å². The van der Waals surface area contributed by atoms with E-state index in [4.69, 9.17) is 0 Å². The minimum Gasteiger partial charge on any atom is -0.140 e. The van der Waals surface area contributed by atoms with E-state index >= 15 is 0 Å². The number of hydrogen-bond donors (Lipinski definition) is 0. The Hall–Kier alpha value is -0.0331. The summed E-state index contributed by atoms with van der Waals surface area (Å²) in [5, 5.41) is 4.38. The third-order valence-electron chi connectivity index (χ3n) is 9.54. The van der Waals surface area contributed by atoms with Crippen LogP contribution in [0.2, 0.25) is 13.1 Å². The molecule has 0 spiro atoms. The van der Waals surface area contributed by atoms with E-state index in [0.717, 1.165) is 0 Å². The van der Waals surface area contributed by atoms with E-state index in [1.807, 2.05) is 10.4 Å². The molecule has 2 aromatic rings. The number of unbranched alkanes of at least 4 members (excludes halogenated alkanes) is 18. The van der Waals surface area contributed by atoms with Gasteiger partial charge in [-0.15, -0.1) is 34.4 Å². The normalized spacial score (nSPS) is 13.8. The second-order valence-corrected chi connectivity index (χ2v) is 22.4. The number of rotatable bonds is 24. The summed E-state index contributed by atoms with van der Waals surface area (Å²) >= 11 is 6.48. The smallest absolute Gasteiger partial charge is 0.116 e. The van der Waals surface area contributed by atoms with Crippen molar-refractivity contribution in [3.8, 4) is 9.75 Å². The third-order valence-corrected chi connectivity index (χ3v) is 17.3. The zero-order chi connectivity index (χ0) is 30.4. The Labute approximate surface area is 275 Å². The van der Waals surface area contributed by atoms with Gasteiger partial charge in [0.1, 0.15) is 8.07 Å². The second-order valence-electron chi connectivity index (χ2n) is 14.1. The maximum atomic E-state index is 2.70. The summed E-state index contributed by atoms with van der Waals surface area (Å²) in [6.07, 6.45) is 31.2. The average molecular weight is 647 g/mol. The van der Waals surface area contributed by atoms with Crippen LogP contribution in [0.15, 0.2) is 4.21 Å². The van der Waals surface area contributed by atoms with Gasteiger partial charge in [0.25, 0.3) is 0 Å². The van der Waals surface area contributed by atoms with Crippen LogP contribution < -0.4 is 10.4 Å². The Balaban J connectivity index is 1.57. The number of aryl methyl sites for hydroxylation is 1. The molecule has 0 N–H and O–H groups in total. The van der Waals surface area contributed by atoms with E-state index in [1.165, 1.54) is 141 Å². The van der Waals surface area contributed by atoms with Gasteiger partial charge in [0.2, 0.25) is 0 Å². The van der Waals surface area contributed by atoms with Gasteiger partial charge in [0, 0.05) is 19.9 Å². The van der Waals surface area contributed by atoms with Crippen molar-refractivity contribution in [3.63, 3.8) is 0 Å². The molecule has 4 heteroatoms. The summed E-state index contributed by atoms with van der Waals surface area (Å²) < 4.78 is 1.67. The molecule has 2 aromatic heterocycles. The summed E-state index contributed by atoms with van der Waals surface area (Å²) in [7, 11) is -1.67. The van der Waals surface area contributed by atoms with Crippen LogP contribution in [0.25, 0.3) is 9.75 Å². The van der Waals surface area contributed by atoms with Gasteiger partial charge in [-0.1, -0.05) is 156 Å². The van der Waals surface area contributed by atoms with E-state index in [1.54, 1.807) is 30.0 Å². The average Bonchev–Trinajstić information content (AvgIpc) is 3.54. The summed E-state index contributed by atoms with van der Waals surface area (Å²) in [6, 6.07) is 0. The van der Waals surface area contributed by atoms with Gasteiger partial charge in [0.15, 0.2) is 0 Å². The molecule has 0 fully saturated rings. The number of hydrogen-bond acceptors (Lipinski definition) is 3. The Bertz CT molecular complexity index is 1030. The predicted octanol–water partition coefficient (Wildman–Crippen LogP) is 13.3. The van der Waals surface area contributed by atoms with Crippen LogP contribution in [0, 0.1) is 6.92 Å². The fourth-order valence-electron chi connectivity index (χ4n) is 7.21. The first-order valence-electron chi connectivity index (χ1n) is 18.3. The molecule has 42 heavy (non-hydrogen) atoms. The first kappa shape index (κ1) is 36.4. The molecule has 0 aromatic carbocycles. The SMILES string of the molecule is CCCCCCCCCCCCc1c(C)sc2c1[Si](C)(C)c1c-2sc(SC(C)C)c1CCCCCCCCCCCC. The third kappa shape index (κ3) is 10.5. The Morgan fingerprint density at radius 3 is 1.38 bits per heavy atom. The summed E-state index contributed by atoms with van der Waals surface area (Å²) in [6.45, 7) is 17.2. The molecule has 0 nitrogen and oxygen atoms in total. The second kappa shape index (κ2) is 19.5. The molecule has 0 amide bonds. The first-order valence-corrected chi connectivity index (χ1v) is 23.8. The van der Waals surface area contributed by atoms with Gasteiger partial charge in [-0.3, -0.25) is 0 Å². The quantitative estimate of drug-likeness (QED) is 0.0621. The van der Waals surface area contributed by atoms with Crippen molar-refractivity contribution in [2.24, 2.45) is 0 Å². The zero-order valence-electron chi connectivity index (χ0n) is 28.9. The molecule has 1 aliphatic heterocycles. The lowest BCUT2D eigenvalue weighted by Gasteiger charge is -2.23. The molecule has 0 bridgehead atoms. The van der Waals surface area contributed by atoms with Gasteiger partial charge in [-0.05, 0) is 54.1 Å². The van der Waals surface area contributed by atoms with E-state index < -0.39 is 8.07 Å². The minimum absolute atomic E-state index is 0.663. The van der Waals surface area contributed by atoms with Gasteiger partial charge in [-0.25, -0.2) is 0 Å². The molecule has 0 unspecified atom stereocenters. The van der Waals surface area contributed by atoms with E-state index in [2.05, 4.69) is 82.1 Å². The minimum atomic E-state index is -1.67. The monoisotopic (exact) mass is 646 g/mol. The van der Waals surface area contributed by atoms with Crippen LogP contribution >= 0.6 is 34.4 Å². The maximum Gasteiger partial charge on any atom is 0.116 e. The summed E-state index contributed by atoms with van der Waals surface area (Å²) in [5.74, 6) is 0.